The Morgan fingerprint density at radius 2 is 0.923 bits per heavy atom. The summed E-state index contributed by atoms with van der Waals surface area (Å²) in [6.07, 6.45) is 0.995. The molecular weight excluding hydrogens is 328 g/mol. The molecule has 0 unspecified atom stereocenters. The van der Waals surface area contributed by atoms with Crippen LogP contribution in [0.5, 0.6) is 0 Å². The number of carbonyl (C=O) groups is 4. The van der Waals surface area contributed by atoms with Gasteiger partial charge in [-0.2, -0.15) is 0 Å². The van der Waals surface area contributed by atoms with Crippen LogP contribution in [0.1, 0.15) is 80.3 Å². The fourth-order valence-corrected chi connectivity index (χ4v) is 3.30. The zero-order valence-electron chi connectivity index (χ0n) is 15.5. The second kappa shape index (κ2) is 8.00. The van der Waals surface area contributed by atoms with E-state index in [1.165, 1.54) is 27.7 Å². The number of Topliss-reactive ketones (excluding diaryl/α,β-unsaturated/α-hetero) is 4. The molecule has 0 aliphatic carbocycles. The van der Waals surface area contributed by atoms with E-state index in [0.29, 0.717) is 35.1 Å². The lowest BCUT2D eigenvalue weighted by Crippen LogP contribution is -2.11. The molecule has 134 valence electrons. The summed E-state index contributed by atoms with van der Waals surface area (Å²) in [5.74, 6) is -0.620. The van der Waals surface area contributed by atoms with Gasteiger partial charge in [0.05, 0.1) is 0 Å². The fourth-order valence-electron chi connectivity index (χ4n) is 3.30. The normalized spacial score (nSPS) is 10.5. The molecule has 0 N–H and O–H groups in total. The first kappa shape index (κ1) is 19.4. The quantitative estimate of drug-likeness (QED) is 0.699. The van der Waals surface area contributed by atoms with Gasteiger partial charge in [-0.25, -0.2) is 0 Å². The van der Waals surface area contributed by atoms with Crippen molar-refractivity contribution in [2.24, 2.45) is 0 Å². The highest BCUT2D eigenvalue weighted by Gasteiger charge is 2.18. The van der Waals surface area contributed by atoms with Gasteiger partial charge in [0.25, 0.3) is 0 Å². The van der Waals surface area contributed by atoms with Crippen molar-refractivity contribution < 1.29 is 19.2 Å². The van der Waals surface area contributed by atoms with Crippen molar-refractivity contribution in [3.05, 3.63) is 69.8 Å². The standard InChI is InChI=1S/C22H22O4/c1-13(23)19-9-5-7-17(21(19)15(3)25)11-12-18-8-6-10-20(14(2)24)22(18)16(4)26/h5-10H,11-12H2,1-4H3. The third-order valence-corrected chi connectivity index (χ3v) is 4.43. The van der Waals surface area contributed by atoms with Crippen LogP contribution in [0, 0.1) is 0 Å². The van der Waals surface area contributed by atoms with E-state index in [9.17, 15) is 19.2 Å². The van der Waals surface area contributed by atoms with Crippen LogP contribution < -0.4 is 0 Å². The van der Waals surface area contributed by atoms with Crippen LogP contribution in [-0.4, -0.2) is 23.1 Å². The summed E-state index contributed by atoms with van der Waals surface area (Å²) in [6, 6.07) is 10.5. The maximum atomic E-state index is 12.1. The molecule has 26 heavy (non-hydrogen) atoms. The zero-order valence-corrected chi connectivity index (χ0v) is 15.5. The van der Waals surface area contributed by atoms with Crippen LogP contribution in [-0.2, 0) is 12.8 Å². The molecule has 2 aromatic carbocycles. The molecule has 0 fully saturated rings. The number of rotatable bonds is 7. The summed E-state index contributed by atoms with van der Waals surface area (Å²) in [5.41, 5.74) is 3.25. The lowest BCUT2D eigenvalue weighted by Gasteiger charge is -2.13. The van der Waals surface area contributed by atoms with Crippen molar-refractivity contribution >= 4 is 23.1 Å². The number of ketones is 4. The smallest absolute Gasteiger partial charge is 0.160 e. The monoisotopic (exact) mass is 350 g/mol. The fraction of sp³-hybridized carbons (Fsp3) is 0.273. The molecule has 4 nitrogen and oxygen atoms in total. The van der Waals surface area contributed by atoms with Gasteiger partial charge in [-0.05, 0) is 51.7 Å². The molecule has 0 heterocycles. The van der Waals surface area contributed by atoms with Gasteiger partial charge in [0, 0.05) is 22.3 Å². The first-order valence-corrected chi connectivity index (χ1v) is 8.51. The minimum absolute atomic E-state index is 0.153. The van der Waals surface area contributed by atoms with Gasteiger partial charge in [0.15, 0.2) is 23.1 Å². The molecule has 0 aliphatic rings. The van der Waals surface area contributed by atoms with E-state index in [1.54, 1.807) is 24.3 Å². The van der Waals surface area contributed by atoms with E-state index in [1.807, 2.05) is 12.1 Å². The Hall–Kier alpha value is -2.88. The van der Waals surface area contributed by atoms with E-state index in [2.05, 4.69) is 0 Å². The summed E-state index contributed by atoms with van der Waals surface area (Å²) < 4.78 is 0. The van der Waals surface area contributed by atoms with Crippen molar-refractivity contribution in [2.45, 2.75) is 40.5 Å². The second-order valence-electron chi connectivity index (χ2n) is 6.40. The SMILES string of the molecule is CC(=O)c1cccc(CCc2cccc(C(C)=O)c2C(C)=O)c1C(C)=O. The Morgan fingerprint density at radius 3 is 1.19 bits per heavy atom. The number of hydrogen-bond acceptors (Lipinski definition) is 4. The minimum Gasteiger partial charge on any atom is -0.294 e. The first-order valence-electron chi connectivity index (χ1n) is 8.51. The predicted octanol–water partition coefficient (Wildman–Crippen LogP) is 4.28. The molecule has 0 amide bonds. The predicted molar refractivity (Wildman–Crippen MR) is 100 cm³/mol. The van der Waals surface area contributed by atoms with Crippen LogP contribution in [0.25, 0.3) is 0 Å². The number of hydrogen-bond donors (Lipinski definition) is 0. The molecule has 0 saturated carbocycles. The third-order valence-electron chi connectivity index (χ3n) is 4.43. The van der Waals surface area contributed by atoms with Crippen LogP contribution in [0.2, 0.25) is 0 Å². The van der Waals surface area contributed by atoms with E-state index >= 15 is 0 Å². The van der Waals surface area contributed by atoms with Crippen LogP contribution in [0.3, 0.4) is 0 Å². The van der Waals surface area contributed by atoms with Crippen molar-refractivity contribution in [3.63, 3.8) is 0 Å². The van der Waals surface area contributed by atoms with Crippen molar-refractivity contribution in [3.8, 4) is 0 Å². The summed E-state index contributed by atoms with van der Waals surface area (Å²) >= 11 is 0. The highest BCUT2D eigenvalue weighted by molar-refractivity contribution is 6.09. The third kappa shape index (κ3) is 4.02. The molecule has 2 aromatic rings. The largest absolute Gasteiger partial charge is 0.294 e. The number of carbonyl (C=O) groups excluding carboxylic acids is 4. The molecule has 0 saturated heterocycles. The summed E-state index contributed by atoms with van der Waals surface area (Å²) in [7, 11) is 0. The molecule has 0 atom stereocenters. The van der Waals surface area contributed by atoms with E-state index in [-0.39, 0.29) is 23.1 Å². The molecule has 0 aliphatic heterocycles. The molecule has 0 bridgehead atoms. The Balaban J connectivity index is 2.45. The molecule has 2 rings (SSSR count). The van der Waals surface area contributed by atoms with Crippen LogP contribution in [0.4, 0.5) is 0 Å². The van der Waals surface area contributed by atoms with Gasteiger partial charge >= 0.3 is 0 Å². The highest BCUT2D eigenvalue weighted by Crippen LogP contribution is 2.22. The van der Waals surface area contributed by atoms with Crippen molar-refractivity contribution in [1.82, 2.24) is 0 Å². The Morgan fingerprint density at radius 1 is 0.577 bits per heavy atom. The van der Waals surface area contributed by atoms with Crippen LogP contribution in [0.15, 0.2) is 36.4 Å². The van der Waals surface area contributed by atoms with Crippen molar-refractivity contribution in [2.75, 3.05) is 0 Å². The van der Waals surface area contributed by atoms with Gasteiger partial charge in [-0.1, -0.05) is 36.4 Å². The van der Waals surface area contributed by atoms with Gasteiger partial charge < -0.3 is 0 Å². The number of aryl methyl sites for hydroxylation is 2. The molecule has 0 radical (unpaired) electrons. The van der Waals surface area contributed by atoms with E-state index in [0.717, 1.165) is 11.1 Å². The molecule has 0 aromatic heterocycles. The summed E-state index contributed by atoms with van der Waals surface area (Å²) in [4.78, 5) is 47.8. The Kier molecular flexibility index (Phi) is 5.98. The first-order chi connectivity index (χ1) is 12.2. The Labute approximate surface area is 153 Å². The van der Waals surface area contributed by atoms with E-state index in [4.69, 9.17) is 0 Å². The lowest BCUT2D eigenvalue weighted by atomic mass is 9.89. The Bertz CT molecular complexity index is 831. The van der Waals surface area contributed by atoms with Gasteiger partial charge in [-0.15, -0.1) is 0 Å². The van der Waals surface area contributed by atoms with E-state index < -0.39 is 0 Å². The van der Waals surface area contributed by atoms with Gasteiger partial charge in [0.1, 0.15) is 0 Å². The number of benzene rings is 2. The highest BCUT2D eigenvalue weighted by atomic mass is 16.1. The summed E-state index contributed by atoms with van der Waals surface area (Å²) in [5, 5.41) is 0. The molecule has 4 heteroatoms. The van der Waals surface area contributed by atoms with Gasteiger partial charge in [-0.3, -0.25) is 19.2 Å². The maximum absolute atomic E-state index is 12.1. The molecular formula is C22H22O4. The average molecular weight is 350 g/mol. The zero-order chi connectivity index (χ0) is 19.4. The minimum atomic E-state index is -0.157. The lowest BCUT2D eigenvalue weighted by molar-refractivity contribution is 0.0979. The van der Waals surface area contributed by atoms with Crippen LogP contribution >= 0.6 is 0 Å². The van der Waals surface area contributed by atoms with Gasteiger partial charge in [0.2, 0.25) is 0 Å². The topological polar surface area (TPSA) is 68.3 Å². The maximum Gasteiger partial charge on any atom is 0.160 e. The summed E-state index contributed by atoms with van der Waals surface area (Å²) in [6.45, 7) is 5.77. The molecule has 0 spiro atoms. The average Bonchev–Trinajstić information content (AvgIpc) is 2.58. The van der Waals surface area contributed by atoms with Crippen molar-refractivity contribution in [1.29, 1.82) is 0 Å². The second-order valence-corrected chi connectivity index (χ2v) is 6.40.